The smallest absolute Gasteiger partial charge is 0.141 e. The first-order valence-electron chi connectivity index (χ1n) is 11.8. The molecule has 0 atom stereocenters. The minimum Gasteiger partial charge on any atom is -0.506 e. The van der Waals surface area contributed by atoms with E-state index in [1.165, 1.54) is 0 Å². The lowest BCUT2D eigenvalue weighted by atomic mass is 9.99. The number of rotatable bonds is 4. The monoisotopic (exact) mass is 504 g/mol. The van der Waals surface area contributed by atoms with Gasteiger partial charge in [0, 0.05) is 41.2 Å². The molecule has 184 valence electrons. The molecule has 8 nitrogen and oxygen atoms in total. The highest BCUT2D eigenvalue weighted by molar-refractivity contribution is 6.30. The average molecular weight is 505 g/mol. The molecule has 1 saturated heterocycles. The largest absolute Gasteiger partial charge is 0.506 e. The minimum absolute atomic E-state index is 0.0828. The third-order valence-electron chi connectivity index (χ3n) is 6.90. The molecular formula is C27H25ClN4O4. The van der Waals surface area contributed by atoms with E-state index in [9.17, 15) is 5.11 Å². The molecule has 3 aromatic heterocycles. The summed E-state index contributed by atoms with van der Waals surface area (Å²) in [6.45, 7) is 5.14. The molecule has 9 heteroatoms. The second kappa shape index (κ2) is 8.80. The van der Waals surface area contributed by atoms with Crippen LogP contribution in [0.4, 0.5) is 0 Å². The van der Waals surface area contributed by atoms with Crippen LogP contribution in [0.15, 0.2) is 41.1 Å². The predicted molar refractivity (Wildman–Crippen MR) is 137 cm³/mol. The lowest BCUT2D eigenvalue weighted by Crippen LogP contribution is -2.17. The molecule has 0 bridgehead atoms. The van der Waals surface area contributed by atoms with Crippen molar-refractivity contribution in [3.63, 3.8) is 0 Å². The molecule has 0 radical (unpaired) electrons. The zero-order chi connectivity index (χ0) is 25.0. The van der Waals surface area contributed by atoms with Gasteiger partial charge in [0.1, 0.15) is 28.6 Å². The average Bonchev–Trinajstić information content (AvgIpc) is 3.43. The number of ether oxygens (including phenoxy) is 2. The maximum absolute atomic E-state index is 10.9. The van der Waals surface area contributed by atoms with E-state index in [1.54, 1.807) is 25.4 Å². The van der Waals surface area contributed by atoms with Crippen LogP contribution in [0.3, 0.4) is 0 Å². The number of phenolic OH excluding ortho intramolecular Hbond substituents is 1. The summed E-state index contributed by atoms with van der Waals surface area (Å²) < 4.78 is 18.9. The first-order valence-corrected chi connectivity index (χ1v) is 12.2. The lowest BCUT2D eigenvalue weighted by Gasteiger charge is -2.23. The number of pyridine rings is 1. The van der Waals surface area contributed by atoms with E-state index in [-0.39, 0.29) is 11.7 Å². The van der Waals surface area contributed by atoms with Crippen molar-refractivity contribution in [2.45, 2.75) is 32.6 Å². The van der Waals surface area contributed by atoms with Gasteiger partial charge in [0.15, 0.2) is 0 Å². The standard InChI is InChI=1S/C27H25ClN4O4/c1-14-25(15(2)36-31-14)19-11-20-18(12-24(19)34-3)26-21(13-29-20)30-27(16-6-8-35-9-7-16)32(26)22-5-4-17(28)10-23(22)33/h4-5,10-13,16,33H,6-9H2,1-3H3. The van der Waals surface area contributed by atoms with Gasteiger partial charge < -0.3 is 19.1 Å². The highest BCUT2D eigenvalue weighted by Gasteiger charge is 2.27. The van der Waals surface area contributed by atoms with Gasteiger partial charge in [-0.15, -0.1) is 0 Å². The van der Waals surface area contributed by atoms with Crippen LogP contribution in [0.1, 0.15) is 36.0 Å². The van der Waals surface area contributed by atoms with Gasteiger partial charge in [-0.25, -0.2) is 4.98 Å². The molecule has 1 aliphatic rings. The summed E-state index contributed by atoms with van der Waals surface area (Å²) in [5, 5.41) is 16.4. The highest BCUT2D eigenvalue weighted by atomic mass is 35.5. The lowest BCUT2D eigenvalue weighted by molar-refractivity contribution is 0.0834. The fraction of sp³-hybridized carbons (Fsp3) is 0.296. The summed E-state index contributed by atoms with van der Waals surface area (Å²) in [6, 6.07) is 9.12. The third-order valence-corrected chi connectivity index (χ3v) is 7.13. The second-order valence-corrected chi connectivity index (χ2v) is 9.52. The topological polar surface area (TPSA) is 95.4 Å². The Morgan fingerprint density at radius 1 is 1.11 bits per heavy atom. The first-order chi connectivity index (χ1) is 17.5. The number of hydrogen-bond donors (Lipinski definition) is 1. The van der Waals surface area contributed by atoms with Crippen molar-refractivity contribution >= 4 is 33.5 Å². The van der Waals surface area contributed by atoms with Gasteiger partial charge in [-0.05, 0) is 51.0 Å². The van der Waals surface area contributed by atoms with Crippen LogP contribution in [0.25, 0.3) is 38.8 Å². The van der Waals surface area contributed by atoms with Gasteiger partial charge in [0.2, 0.25) is 0 Å². The van der Waals surface area contributed by atoms with Crippen LogP contribution in [-0.4, -0.2) is 45.1 Å². The van der Waals surface area contributed by atoms with Gasteiger partial charge in [-0.1, -0.05) is 16.8 Å². The maximum Gasteiger partial charge on any atom is 0.141 e. The summed E-state index contributed by atoms with van der Waals surface area (Å²) >= 11 is 6.17. The van der Waals surface area contributed by atoms with Gasteiger partial charge in [-0.2, -0.15) is 0 Å². The Labute approximate surface area is 212 Å². The van der Waals surface area contributed by atoms with Crippen molar-refractivity contribution in [1.82, 2.24) is 19.7 Å². The molecule has 4 heterocycles. The van der Waals surface area contributed by atoms with Crippen molar-refractivity contribution in [3.8, 4) is 28.3 Å². The maximum atomic E-state index is 10.9. The number of imidazole rings is 1. The molecule has 1 fully saturated rings. The number of benzene rings is 2. The second-order valence-electron chi connectivity index (χ2n) is 9.09. The fourth-order valence-corrected chi connectivity index (χ4v) is 5.36. The van der Waals surface area contributed by atoms with E-state index in [4.69, 9.17) is 35.6 Å². The third kappa shape index (κ3) is 3.60. The number of aromatic nitrogens is 4. The van der Waals surface area contributed by atoms with Crippen molar-refractivity contribution < 1.29 is 19.1 Å². The van der Waals surface area contributed by atoms with E-state index in [0.29, 0.717) is 35.4 Å². The molecule has 0 unspecified atom stereocenters. The molecule has 2 aromatic carbocycles. The van der Waals surface area contributed by atoms with Crippen molar-refractivity contribution in [2.24, 2.45) is 0 Å². The Balaban J connectivity index is 1.68. The number of halogens is 1. The minimum atomic E-state index is 0.0828. The molecule has 6 rings (SSSR count). The number of methoxy groups -OCH3 is 1. The molecule has 0 amide bonds. The Morgan fingerprint density at radius 3 is 2.61 bits per heavy atom. The quantitative estimate of drug-likeness (QED) is 0.315. The Morgan fingerprint density at radius 2 is 1.92 bits per heavy atom. The number of aryl methyl sites for hydroxylation is 2. The van der Waals surface area contributed by atoms with Crippen LogP contribution in [0, 0.1) is 13.8 Å². The Bertz CT molecular complexity index is 1600. The molecule has 0 spiro atoms. The zero-order valence-corrected chi connectivity index (χ0v) is 21.0. The number of fused-ring (bicyclic) bond motifs is 3. The Kier molecular flexibility index (Phi) is 5.58. The van der Waals surface area contributed by atoms with Crippen LogP contribution < -0.4 is 4.74 Å². The van der Waals surface area contributed by atoms with E-state index in [1.807, 2.05) is 36.6 Å². The van der Waals surface area contributed by atoms with Gasteiger partial charge in [0.05, 0.1) is 41.3 Å². The number of aromatic hydroxyl groups is 1. The van der Waals surface area contributed by atoms with Crippen LogP contribution >= 0.6 is 11.6 Å². The highest BCUT2D eigenvalue weighted by Crippen LogP contribution is 2.41. The SMILES string of the molecule is COc1cc2c(cc1-c1c(C)noc1C)ncc1nc(C3CCOCC3)n(-c3ccc(Cl)cc3O)c12. The van der Waals surface area contributed by atoms with Gasteiger partial charge in [-0.3, -0.25) is 9.55 Å². The summed E-state index contributed by atoms with van der Waals surface area (Å²) in [4.78, 5) is 9.77. The van der Waals surface area contributed by atoms with Crippen molar-refractivity contribution in [3.05, 3.63) is 58.8 Å². The van der Waals surface area contributed by atoms with E-state index in [0.717, 1.165) is 57.4 Å². The number of hydrogen-bond acceptors (Lipinski definition) is 7. The van der Waals surface area contributed by atoms with E-state index < -0.39 is 0 Å². The fourth-order valence-electron chi connectivity index (χ4n) is 5.19. The normalized spacial score (nSPS) is 14.7. The molecule has 1 aliphatic heterocycles. The molecule has 0 aliphatic carbocycles. The van der Waals surface area contributed by atoms with Crippen molar-refractivity contribution in [2.75, 3.05) is 20.3 Å². The molecule has 0 saturated carbocycles. The van der Waals surface area contributed by atoms with E-state index >= 15 is 0 Å². The van der Waals surface area contributed by atoms with Crippen LogP contribution in [0.5, 0.6) is 11.5 Å². The molecule has 36 heavy (non-hydrogen) atoms. The Hall–Kier alpha value is -3.62. The van der Waals surface area contributed by atoms with Crippen LogP contribution in [-0.2, 0) is 4.74 Å². The van der Waals surface area contributed by atoms with Gasteiger partial charge >= 0.3 is 0 Å². The number of nitrogens with zero attached hydrogens (tertiary/aromatic N) is 4. The molecule has 1 N–H and O–H groups in total. The predicted octanol–water partition coefficient (Wildman–Crippen LogP) is 6.11. The molecule has 5 aromatic rings. The first kappa shape index (κ1) is 22.8. The summed E-state index contributed by atoms with van der Waals surface area (Å²) in [5.74, 6) is 2.52. The van der Waals surface area contributed by atoms with Crippen molar-refractivity contribution in [1.29, 1.82) is 0 Å². The number of phenols is 1. The molecular weight excluding hydrogens is 480 g/mol. The summed E-state index contributed by atoms with van der Waals surface area (Å²) in [5.41, 5.74) is 5.51. The summed E-state index contributed by atoms with van der Waals surface area (Å²) in [6.07, 6.45) is 3.48. The van der Waals surface area contributed by atoms with Crippen LogP contribution in [0.2, 0.25) is 5.02 Å². The van der Waals surface area contributed by atoms with E-state index in [2.05, 4.69) is 5.16 Å². The van der Waals surface area contributed by atoms with Gasteiger partial charge in [0.25, 0.3) is 0 Å². The zero-order valence-electron chi connectivity index (χ0n) is 20.2. The summed E-state index contributed by atoms with van der Waals surface area (Å²) in [7, 11) is 1.65.